The minimum absolute atomic E-state index is 0.0200. The molecule has 9 heteroatoms. The maximum absolute atomic E-state index is 13.8. The number of carbonyl (C=O) groups is 1. The highest BCUT2D eigenvalue weighted by Crippen LogP contribution is 2.59. The Balaban J connectivity index is 1.20. The number of rotatable bonds is 4. The minimum Gasteiger partial charge on any atom is -0.467 e. The van der Waals surface area contributed by atoms with Crippen LogP contribution < -0.4 is 10.6 Å². The van der Waals surface area contributed by atoms with Crippen LogP contribution in [-0.2, 0) is 0 Å². The largest absolute Gasteiger partial charge is 0.467 e. The normalized spacial score (nSPS) is 35.4. The summed E-state index contributed by atoms with van der Waals surface area (Å²) >= 11 is 0. The Labute approximate surface area is 183 Å². The highest BCUT2D eigenvalue weighted by Gasteiger charge is 2.51. The maximum atomic E-state index is 13.8. The van der Waals surface area contributed by atoms with Crippen LogP contribution in [0, 0.1) is 23.2 Å². The van der Waals surface area contributed by atoms with Gasteiger partial charge in [-0.3, -0.25) is 4.79 Å². The van der Waals surface area contributed by atoms with Gasteiger partial charge in [0, 0.05) is 19.0 Å². The van der Waals surface area contributed by atoms with E-state index in [1.807, 2.05) is 0 Å². The van der Waals surface area contributed by atoms with E-state index in [1.54, 1.807) is 12.1 Å². The first-order chi connectivity index (χ1) is 15.3. The van der Waals surface area contributed by atoms with E-state index in [0.29, 0.717) is 12.3 Å². The van der Waals surface area contributed by atoms with Crippen LogP contribution in [0.3, 0.4) is 0 Å². The first-order valence-electron chi connectivity index (χ1n) is 11.5. The molecule has 172 valence electrons. The molecule has 4 saturated carbocycles. The summed E-state index contributed by atoms with van der Waals surface area (Å²) in [6, 6.07) is 2.26. The first kappa shape index (κ1) is 20.2. The van der Waals surface area contributed by atoms with E-state index in [2.05, 4.69) is 15.7 Å². The average Bonchev–Trinajstić information content (AvgIpc) is 3.39. The number of hydrogen-bond donors (Lipinski definition) is 2. The van der Waals surface area contributed by atoms with Crippen molar-refractivity contribution in [1.29, 1.82) is 0 Å². The van der Waals surface area contributed by atoms with E-state index >= 15 is 0 Å². The summed E-state index contributed by atoms with van der Waals surface area (Å²) in [7, 11) is 0. The van der Waals surface area contributed by atoms with Gasteiger partial charge in [-0.1, -0.05) is 0 Å². The molecule has 0 spiro atoms. The summed E-state index contributed by atoms with van der Waals surface area (Å²) in [6.07, 6.45) is 4.13. The van der Waals surface area contributed by atoms with Crippen LogP contribution in [0.1, 0.15) is 73.3 Å². The molecule has 6 nitrogen and oxygen atoms in total. The number of amides is 1. The summed E-state index contributed by atoms with van der Waals surface area (Å²) < 4.78 is 47.6. The summed E-state index contributed by atoms with van der Waals surface area (Å²) in [4.78, 5) is 12.9. The number of halogens is 3. The number of furan rings is 1. The van der Waals surface area contributed by atoms with Gasteiger partial charge >= 0.3 is 6.18 Å². The van der Waals surface area contributed by atoms with Crippen molar-refractivity contribution >= 4 is 11.7 Å². The van der Waals surface area contributed by atoms with Crippen molar-refractivity contribution in [2.75, 3.05) is 11.9 Å². The van der Waals surface area contributed by atoms with Gasteiger partial charge in [-0.15, -0.1) is 0 Å². The SMILES string of the molecule is O=C(NCC12CC3CC(CC(C3)C1)C2)c1cc2n(n1)[C@H](C(F)(F)F)C[C@H](c1ccco1)N2. The number of aromatic nitrogens is 2. The average molecular weight is 448 g/mol. The Morgan fingerprint density at radius 2 is 1.88 bits per heavy atom. The van der Waals surface area contributed by atoms with Crippen molar-refractivity contribution in [3.05, 3.63) is 35.9 Å². The van der Waals surface area contributed by atoms with E-state index in [9.17, 15) is 18.0 Å². The van der Waals surface area contributed by atoms with Crippen LogP contribution in [-0.4, -0.2) is 28.4 Å². The molecule has 0 saturated heterocycles. The lowest BCUT2D eigenvalue weighted by Crippen LogP contribution is -2.51. The van der Waals surface area contributed by atoms with Crippen molar-refractivity contribution < 1.29 is 22.4 Å². The number of nitrogens with zero attached hydrogens (tertiary/aromatic N) is 2. The third kappa shape index (κ3) is 3.40. The molecule has 4 aliphatic carbocycles. The molecule has 0 unspecified atom stereocenters. The predicted octanol–water partition coefficient (Wildman–Crippen LogP) is 5.08. The van der Waals surface area contributed by atoms with Crippen molar-refractivity contribution in [3.63, 3.8) is 0 Å². The van der Waals surface area contributed by atoms with Gasteiger partial charge in [0.1, 0.15) is 11.6 Å². The van der Waals surface area contributed by atoms with Crippen LogP contribution in [0.25, 0.3) is 0 Å². The molecule has 4 bridgehead atoms. The lowest BCUT2D eigenvalue weighted by atomic mass is 9.49. The maximum Gasteiger partial charge on any atom is 0.410 e. The fourth-order valence-corrected chi connectivity index (χ4v) is 7.23. The van der Waals surface area contributed by atoms with Gasteiger partial charge in [-0.25, -0.2) is 4.68 Å². The van der Waals surface area contributed by atoms with Crippen molar-refractivity contribution in [2.24, 2.45) is 23.2 Å². The zero-order valence-corrected chi connectivity index (χ0v) is 17.7. The molecule has 4 fully saturated rings. The summed E-state index contributed by atoms with van der Waals surface area (Å²) in [5, 5.41) is 10.1. The third-order valence-electron chi connectivity index (χ3n) is 8.10. The van der Waals surface area contributed by atoms with Gasteiger partial charge in [0.15, 0.2) is 11.7 Å². The highest BCUT2D eigenvalue weighted by molar-refractivity contribution is 5.93. The van der Waals surface area contributed by atoms with E-state index < -0.39 is 24.2 Å². The second-order valence-corrected chi connectivity index (χ2v) is 10.5. The van der Waals surface area contributed by atoms with Crippen LogP contribution >= 0.6 is 0 Å². The van der Waals surface area contributed by atoms with E-state index in [-0.39, 0.29) is 23.3 Å². The highest BCUT2D eigenvalue weighted by atomic mass is 19.4. The topological polar surface area (TPSA) is 72.1 Å². The molecule has 1 aliphatic heterocycles. The quantitative estimate of drug-likeness (QED) is 0.684. The molecule has 3 heterocycles. The standard InChI is InChI=1S/C23H27F3N4O2/c24-23(25,26)19-7-16(18-2-1-3-32-18)28-20-8-17(29-30(19)20)21(31)27-12-22-9-13-4-14(10-22)6-15(5-13)11-22/h1-3,8,13-16,19,28H,4-7,9-12H2,(H,27,31)/t13?,14?,15?,16-,19+,22?/m1/s1. The predicted molar refractivity (Wildman–Crippen MR) is 110 cm³/mol. The fraction of sp³-hybridized carbons (Fsp3) is 0.652. The number of nitrogens with one attached hydrogen (secondary N) is 2. The van der Waals surface area contributed by atoms with Crippen LogP contribution in [0.2, 0.25) is 0 Å². The first-order valence-corrected chi connectivity index (χ1v) is 11.5. The Morgan fingerprint density at radius 1 is 1.19 bits per heavy atom. The van der Waals surface area contributed by atoms with E-state index in [4.69, 9.17) is 4.42 Å². The van der Waals surface area contributed by atoms with Crippen molar-refractivity contribution in [1.82, 2.24) is 15.1 Å². The van der Waals surface area contributed by atoms with Crippen molar-refractivity contribution in [3.8, 4) is 0 Å². The molecular formula is C23H27F3N4O2. The van der Waals surface area contributed by atoms with Gasteiger partial charge in [-0.05, 0) is 73.8 Å². The van der Waals surface area contributed by atoms with Gasteiger partial charge < -0.3 is 15.1 Å². The molecule has 7 rings (SSSR count). The number of carbonyl (C=O) groups excluding carboxylic acids is 1. The number of anilines is 1. The van der Waals surface area contributed by atoms with Crippen LogP contribution in [0.4, 0.5) is 19.0 Å². The lowest BCUT2D eigenvalue weighted by molar-refractivity contribution is -0.174. The second kappa shape index (κ2) is 7.02. The van der Waals surface area contributed by atoms with Crippen LogP contribution in [0.5, 0.6) is 0 Å². The third-order valence-corrected chi connectivity index (χ3v) is 8.10. The molecule has 32 heavy (non-hydrogen) atoms. The molecular weight excluding hydrogens is 421 g/mol. The summed E-state index contributed by atoms with van der Waals surface area (Å²) in [5.41, 5.74) is 0.174. The Kier molecular flexibility index (Phi) is 4.43. The lowest BCUT2D eigenvalue weighted by Gasteiger charge is -2.56. The number of alkyl halides is 3. The molecule has 0 aromatic carbocycles. The summed E-state index contributed by atoms with van der Waals surface area (Å²) in [5.74, 6) is 2.52. The van der Waals surface area contributed by atoms with Gasteiger partial charge in [0.25, 0.3) is 5.91 Å². The zero-order chi connectivity index (χ0) is 22.1. The molecule has 1 amide bonds. The molecule has 2 aromatic heterocycles. The second-order valence-electron chi connectivity index (χ2n) is 10.5. The fourth-order valence-electron chi connectivity index (χ4n) is 7.23. The Hall–Kier alpha value is -2.45. The van der Waals surface area contributed by atoms with Crippen molar-refractivity contribution in [2.45, 2.75) is 63.2 Å². The van der Waals surface area contributed by atoms with Gasteiger partial charge in [0.2, 0.25) is 0 Å². The number of fused-ring (bicyclic) bond motifs is 1. The number of hydrogen-bond acceptors (Lipinski definition) is 4. The van der Waals surface area contributed by atoms with Gasteiger partial charge in [-0.2, -0.15) is 18.3 Å². The Bertz CT molecular complexity index is 978. The van der Waals surface area contributed by atoms with E-state index in [1.165, 1.54) is 31.6 Å². The molecule has 2 aromatic rings. The van der Waals surface area contributed by atoms with Gasteiger partial charge in [0.05, 0.1) is 12.3 Å². The van der Waals surface area contributed by atoms with E-state index in [0.717, 1.165) is 41.7 Å². The smallest absolute Gasteiger partial charge is 0.410 e. The Morgan fingerprint density at radius 3 is 2.47 bits per heavy atom. The minimum atomic E-state index is -4.49. The zero-order valence-electron chi connectivity index (χ0n) is 17.7. The molecule has 0 radical (unpaired) electrons. The molecule has 5 aliphatic rings. The molecule has 2 atom stereocenters. The van der Waals surface area contributed by atoms with Crippen LogP contribution in [0.15, 0.2) is 28.9 Å². The molecule has 2 N–H and O–H groups in total. The monoisotopic (exact) mass is 448 g/mol. The summed E-state index contributed by atoms with van der Waals surface area (Å²) in [6.45, 7) is 0.586.